The summed E-state index contributed by atoms with van der Waals surface area (Å²) in [6, 6.07) is 7.15. The average Bonchev–Trinajstić information content (AvgIpc) is 2.39. The van der Waals surface area contributed by atoms with Crippen LogP contribution in [0.1, 0.15) is 11.1 Å². The molecule has 3 N–H and O–H groups in total. The maximum absolute atomic E-state index is 13.4. The Morgan fingerprint density at radius 3 is 2.50 bits per heavy atom. The van der Waals surface area contributed by atoms with Gasteiger partial charge in [0, 0.05) is 16.2 Å². The highest BCUT2D eigenvalue weighted by atomic mass is 32.2. The van der Waals surface area contributed by atoms with Gasteiger partial charge in [-0.05, 0) is 42.0 Å². The first-order valence-electron chi connectivity index (χ1n) is 5.67. The molecule has 0 heterocycles. The summed E-state index contributed by atoms with van der Waals surface area (Å²) in [6.45, 7) is 0. The fraction of sp³-hybridized carbons (Fsp3) is 0.0714. The number of halogens is 3. The van der Waals surface area contributed by atoms with E-state index in [0.717, 1.165) is 36.0 Å². The van der Waals surface area contributed by atoms with Gasteiger partial charge < -0.3 is 5.73 Å². The zero-order chi connectivity index (χ0) is 14.7. The van der Waals surface area contributed by atoms with Crippen LogP contribution in [0.4, 0.5) is 13.2 Å². The van der Waals surface area contributed by atoms with Crippen LogP contribution in [0.2, 0.25) is 0 Å². The molecule has 0 fully saturated rings. The topological polar surface area (TPSA) is 49.9 Å². The van der Waals surface area contributed by atoms with E-state index in [0.29, 0.717) is 5.56 Å². The van der Waals surface area contributed by atoms with E-state index in [2.05, 4.69) is 0 Å². The second kappa shape index (κ2) is 6.00. The van der Waals surface area contributed by atoms with E-state index in [1.165, 1.54) is 6.07 Å². The maximum Gasteiger partial charge on any atom is 0.136 e. The van der Waals surface area contributed by atoms with E-state index in [4.69, 9.17) is 11.1 Å². The summed E-state index contributed by atoms with van der Waals surface area (Å²) in [6.07, 6.45) is 0. The van der Waals surface area contributed by atoms with Gasteiger partial charge in [-0.15, -0.1) is 11.8 Å². The van der Waals surface area contributed by atoms with Crippen LogP contribution in [0.3, 0.4) is 0 Å². The van der Waals surface area contributed by atoms with E-state index >= 15 is 0 Å². The Balaban J connectivity index is 2.18. The van der Waals surface area contributed by atoms with Crippen molar-refractivity contribution >= 4 is 17.6 Å². The molecule has 2 nitrogen and oxygen atoms in total. The number of rotatable bonds is 4. The van der Waals surface area contributed by atoms with E-state index in [-0.39, 0.29) is 22.0 Å². The number of benzene rings is 2. The molecule has 0 aliphatic heterocycles. The van der Waals surface area contributed by atoms with Crippen LogP contribution in [-0.4, -0.2) is 5.84 Å². The van der Waals surface area contributed by atoms with E-state index < -0.39 is 17.5 Å². The van der Waals surface area contributed by atoms with Crippen molar-refractivity contribution in [1.82, 2.24) is 0 Å². The summed E-state index contributed by atoms with van der Waals surface area (Å²) >= 11 is 1.05. The third-order valence-corrected chi connectivity index (χ3v) is 3.66. The third kappa shape index (κ3) is 3.54. The molecule has 2 aromatic carbocycles. The lowest BCUT2D eigenvalue weighted by Crippen LogP contribution is -2.11. The molecule has 0 amide bonds. The van der Waals surface area contributed by atoms with Crippen molar-refractivity contribution in [1.29, 1.82) is 5.41 Å². The third-order valence-electron chi connectivity index (χ3n) is 2.56. The second-order valence-electron chi connectivity index (χ2n) is 4.13. The lowest BCUT2D eigenvalue weighted by molar-refractivity contribution is 0.577. The zero-order valence-corrected chi connectivity index (χ0v) is 11.1. The molecule has 0 spiro atoms. The van der Waals surface area contributed by atoms with Gasteiger partial charge in [-0.3, -0.25) is 5.41 Å². The van der Waals surface area contributed by atoms with Crippen LogP contribution < -0.4 is 5.73 Å². The van der Waals surface area contributed by atoms with Crippen molar-refractivity contribution < 1.29 is 13.2 Å². The number of nitrogens with two attached hydrogens (primary N) is 1. The maximum atomic E-state index is 13.4. The largest absolute Gasteiger partial charge is 0.384 e. The first-order valence-corrected chi connectivity index (χ1v) is 6.66. The van der Waals surface area contributed by atoms with Crippen LogP contribution >= 0.6 is 11.8 Å². The summed E-state index contributed by atoms with van der Waals surface area (Å²) in [5.41, 5.74) is 6.11. The van der Waals surface area contributed by atoms with Crippen molar-refractivity contribution in [3.05, 3.63) is 65.0 Å². The predicted octanol–water partition coefficient (Wildman–Crippen LogP) is 3.68. The molecule has 0 aromatic heterocycles. The monoisotopic (exact) mass is 296 g/mol. The average molecular weight is 296 g/mol. The number of nitrogen functional groups attached to an aromatic ring is 1. The number of hydrogen-bond donors (Lipinski definition) is 2. The van der Waals surface area contributed by atoms with Gasteiger partial charge in [0.05, 0.1) is 0 Å². The zero-order valence-electron chi connectivity index (χ0n) is 10.3. The van der Waals surface area contributed by atoms with E-state index in [1.54, 1.807) is 6.07 Å². The second-order valence-corrected chi connectivity index (χ2v) is 5.14. The minimum Gasteiger partial charge on any atom is -0.384 e. The quantitative estimate of drug-likeness (QED) is 0.513. The van der Waals surface area contributed by atoms with Gasteiger partial charge in [0.25, 0.3) is 0 Å². The molecule has 0 bridgehead atoms. The molecule has 0 radical (unpaired) electrons. The highest BCUT2D eigenvalue weighted by molar-refractivity contribution is 7.98. The van der Waals surface area contributed by atoms with Crippen molar-refractivity contribution in [3.8, 4) is 0 Å². The van der Waals surface area contributed by atoms with Gasteiger partial charge in [0.1, 0.15) is 23.3 Å². The Labute approximate surface area is 118 Å². The van der Waals surface area contributed by atoms with Gasteiger partial charge in [0.15, 0.2) is 0 Å². The van der Waals surface area contributed by atoms with Crippen LogP contribution in [0.25, 0.3) is 0 Å². The molecule has 0 atom stereocenters. The van der Waals surface area contributed by atoms with Crippen LogP contribution in [0.5, 0.6) is 0 Å². The molecule has 6 heteroatoms. The molecule has 0 unspecified atom stereocenters. The molecule has 0 saturated heterocycles. The Morgan fingerprint density at radius 2 is 1.80 bits per heavy atom. The van der Waals surface area contributed by atoms with Gasteiger partial charge in [-0.1, -0.05) is 0 Å². The summed E-state index contributed by atoms with van der Waals surface area (Å²) in [4.78, 5) is 0.152. The van der Waals surface area contributed by atoms with Crippen molar-refractivity contribution in [2.45, 2.75) is 10.6 Å². The molecular formula is C14H11F3N2S. The fourth-order valence-corrected chi connectivity index (χ4v) is 2.53. The van der Waals surface area contributed by atoms with Gasteiger partial charge in [-0.2, -0.15) is 0 Å². The summed E-state index contributed by atoms with van der Waals surface area (Å²) in [7, 11) is 0. The van der Waals surface area contributed by atoms with Crippen molar-refractivity contribution in [2.24, 2.45) is 5.73 Å². The number of nitrogens with one attached hydrogen (secondary N) is 1. The molecule has 2 aromatic rings. The minimum absolute atomic E-state index is 0.152. The fourth-order valence-electron chi connectivity index (χ4n) is 1.64. The molecule has 0 saturated carbocycles. The smallest absolute Gasteiger partial charge is 0.136 e. The first kappa shape index (κ1) is 14.5. The predicted molar refractivity (Wildman–Crippen MR) is 73.3 cm³/mol. The minimum atomic E-state index is -0.530. The summed E-state index contributed by atoms with van der Waals surface area (Å²) in [5.74, 6) is -1.57. The first-order chi connectivity index (χ1) is 9.45. The Hall–Kier alpha value is -1.95. The molecule has 0 aliphatic rings. The van der Waals surface area contributed by atoms with Crippen molar-refractivity contribution in [2.75, 3.05) is 0 Å². The van der Waals surface area contributed by atoms with Crippen LogP contribution in [0.15, 0.2) is 41.3 Å². The molecule has 2 rings (SSSR count). The van der Waals surface area contributed by atoms with Crippen LogP contribution in [-0.2, 0) is 5.75 Å². The van der Waals surface area contributed by atoms with Gasteiger partial charge in [0.2, 0.25) is 0 Å². The SMILES string of the molecule is N=C(N)c1cc(F)cc(CSc2cc(F)ccc2F)c1. The Morgan fingerprint density at radius 1 is 1.05 bits per heavy atom. The highest BCUT2D eigenvalue weighted by Crippen LogP contribution is 2.26. The standard InChI is InChI=1S/C14H11F3N2S/c15-10-1-2-12(17)13(6-10)20-7-8-3-9(14(18)19)5-11(16)4-8/h1-6H,7H2,(H3,18,19). The summed E-state index contributed by atoms with van der Waals surface area (Å²) < 4.78 is 39.8. The summed E-state index contributed by atoms with van der Waals surface area (Å²) in [5, 5.41) is 7.28. The van der Waals surface area contributed by atoms with E-state index in [1.807, 2.05) is 0 Å². The van der Waals surface area contributed by atoms with Gasteiger partial charge >= 0.3 is 0 Å². The molecule has 104 valence electrons. The lowest BCUT2D eigenvalue weighted by atomic mass is 10.1. The Bertz CT molecular complexity index is 659. The lowest BCUT2D eigenvalue weighted by Gasteiger charge is -2.06. The molecule has 0 aliphatic carbocycles. The number of amidine groups is 1. The highest BCUT2D eigenvalue weighted by Gasteiger charge is 2.07. The van der Waals surface area contributed by atoms with Crippen molar-refractivity contribution in [3.63, 3.8) is 0 Å². The number of thioether (sulfide) groups is 1. The number of hydrogen-bond acceptors (Lipinski definition) is 2. The van der Waals surface area contributed by atoms with E-state index in [9.17, 15) is 13.2 Å². The Kier molecular flexibility index (Phi) is 4.34. The van der Waals surface area contributed by atoms with Crippen LogP contribution in [0, 0.1) is 22.9 Å². The van der Waals surface area contributed by atoms with Gasteiger partial charge in [-0.25, -0.2) is 13.2 Å². The normalized spacial score (nSPS) is 10.6. The molecule has 20 heavy (non-hydrogen) atoms. The molecular weight excluding hydrogens is 285 g/mol.